The average Bonchev–Trinajstić information content (AvgIpc) is 3.10. The van der Waals surface area contributed by atoms with E-state index in [0.717, 1.165) is 54.8 Å². The van der Waals surface area contributed by atoms with Gasteiger partial charge in [-0.25, -0.2) is 4.98 Å². The van der Waals surface area contributed by atoms with Crippen LogP contribution < -0.4 is 4.90 Å². The van der Waals surface area contributed by atoms with Gasteiger partial charge in [-0.2, -0.15) is 4.98 Å². The van der Waals surface area contributed by atoms with Crippen LogP contribution in [-0.2, 0) is 6.54 Å². The summed E-state index contributed by atoms with van der Waals surface area (Å²) in [7, 11) is 0. The molecule has 1 saturated heterocycles. The molecule has 1 fully saturated rings. The van der Waals surface area contributed by atoms with Gasteiger partial charge < -0.3 is 14.3 Å². The number of imidazole rings is 1. The molecule has 0 amide bonds. The summed E-state index contributed by atoms with van der Waals surface area (Å²) in [5, 5.41) is 0. The molecule has 1 atom stereocenters. The van der Waals surface area contributed by atoms with E-state index in [1.807, 2.05) is 31.2 Å². The molecule has 4 rings (SSSR count). The van der Waals surface area contributed by atoms with Gasteiger partial charge in [-0.05, 0) is 32.9 Å². The van der Waals surface area contributed by atoms with E-state index < -0.39 is 0 Å². The van der Waals surface area contributed by atoms with E-state index in [0.29, 0.717) is 6.04 Å². The van der Waals surface area contributed by atoms with Crippen molar-refractivity contribution in [3.63, 3.8) is 0 Å². The Morgan fingerprint density at radius 2 is 2.04 bits per heavy atom. The first-order chi connectivity index (χ1) is 11.6. The number of hydrogen-bond donors (Lipinski definition) is 1. The Labute approximate surface area is 141 Å². The Kier molecular flexibility index (Phi) is 3.76. The van der Waals surface area contributed by atoms with Gasteiger partial charge in [0, 0.05) is 37.9 Å². The highest BCUT2D eigenvalue weighted by Gasteiger charge is 2.27. The van der Waals surface area contributed by atoms with Crippen LogP contribution in [0.1, 0.15) is 24.1 Å². The highest BCUT2D eigenvalue weighted by atomic mass is 16.4. The third-order valence-electron chi connectivity index (χ3n) is 4.72. The lowest BCUT2D eigenvalue weighted by Gasteiger charge is -2.38. The number of H-pyrrole nitrogens is 1. The summed E-state index contributed by atoms with van der Waals surface area (Å²) in [6.45, 7) is 10.1. The van der Waals surface area contributed by atoms with Crippen molar-refractivity contribution in [1.82, 2.24) is 19.9 Å². The summed E-state index contributed by atoms with van der Waals surface area (Å²) in [5.41, 5.74) is 4.09. The molecule has 0 radical (unpaired) electrons. The van der Waals surface area contributed by atoms with E-state index in [4.69, 9.17) is 4.42 Å². The van der Waals surface area contributed by atoms with Crippen molar-refractivity contribution in [1.29, 1.82) is 0 Å². The maximum Gasteiger partial charge on any atom is 0.298 e. The molecular formula is C18H23N5O. The lowest BCUT2D eigenvalue weighted by atomic mass is 10.2. The quantitative estimate of drug-likeness (QED) is 0.802. The summed E-state index contributed by atoms with van der Waals surface area (Å²) < 4.78 is 5.93. The van der Waals surface area contributed by atoms with Crippen LogP contribution in [0.2, 0.25) is 0 Å². The van der Waals surface area contributed by atoms with Crippen LogP contribution in [0.3, 0.4) is 0 Å². The number of aromatic nitrogens is 3. The van der Waals surface area contributed by atoms with Crippen LogP contribution in [-0.4, -0.2) is 45.5 Å². The maximum absolute atomic E-state index is 5.93. The minimum Gasteiger partial charge on any atom is -0.423 e. The number of anilines is 1. The second-order valence-electron chi connectivity index (χ2n) is 6.64. The van der Waals surface area contributed by atoms with Gasteiger partial charge in [-0.15, -0.1) is 0 Å². The van der Waals surface area contributed by atoms with Crippen LogP contribution in [0.4, 0.5) is 6.01 Å². The standard InChI is InChI=1S/C18H23N5O/c1-12-10-22(11-16-13(2)19-14(3)20-16)8-9-23(12)18-21-15-6-4-5-7-17(15)24-18/h4-7,12H,8-11H2,1-3H3,(H,19,20). The second kappa shape index (κ2) is 5.94. The lowest BCUT2D eigenvalue weighted by Crippen LogP contribution is -2.51. The van der Waals surface area contributed by atoms with Crippen molar-refractivity contribution in [2.45, 2.75) is 33.4 Å². The van der Waals surface area contributed by atoms with Crippen molar-refractivity contribution < 1.29 is 4.42 Å². The summed E-state index contributed by atoms with van der Waals surface area (Å²) >= 11 is 0. The molecule has 0 saturated carbocycles. The Hall–Kier alpha value is -2.34. The molecule has 1 unspecified atom stereocenters. The smallest absolute Gasteiger partial charge is 0.298 e. The van der Waals surface area contributed by atoms with Crippen LogP contribution in [0.25, 0.3) is 11.1 Å². The fraction of sp³-hybridized carbons (Fsp3) is 0.444. The summed E-state index contributed by atoms with van der Waals surface area (Å²) in [4.78, 5) is 17.2. The number of aryl methyl sites for hydroxylation is 2. The molecule has 3 heterocycles. The highest BCUT2D eigenvalue weighted by molar-refractivity contribution is 5.74. The number of aromatic amines is 1. The SMILES string of the molecule is Cc1nc(CN2CCN(c3nc4ccccc4o3)C(C)C2)c(C)[nH]1. The molecule has 1 aromatic carbocycles. The number of para-hydroxylation sites is 2. The molecular weight excluding hydrogens is 302 g/mol. The number of benzene rings is 1. The number of nitrogens with one attached hydrogen (secondary N) is 1. The van der Waals surface area contributed by atoms with Crippen molar-refractivity contribution in [3.8, 4) is 0 Å². The van der Waals surface area contributed by atoms with Gasteiger partial charge in [-0.3, -0.25) is 4.90 Å². The van der Waals surface area contributed by atoms with Gasteiger partial charge in [-0.1, -0.05) is 12.1 Å². The zero-order valence-electron chi connectivity index (χ0n) is 14.4. The summed E-state index contributed by atoms with van der Waals surface area (Å²) in [5.74, 6) is 0.987. The van der Waals surface area contributed by atoms with Crippen molar-refractivity contribution in [3.05, 3.63) is 41.5 Å². The zero-order chi connectivity index (χ0) is 16.7. The van der Waals surface area contributed by atoms with Crippen molar-refractivity contribution in [2.75, 3.05) is 24.5 Å². The van der Waals surface area contributed by atoms with Crippen LogP contribution in [0, 0.1) is 13.8 Å². The van der Waals surface area contributed by atoms with Gasteiger partial charge >= 0.3 is 0 Å². The fourth-order valence-corrected chi connectivity index (χ4v) is 3.47. The van der Waals surface area contributed by atoms with E-state index in [9.17, 15) is 0 Å². The molecule has 6 heteroatoms. The van der Waals surface area contributed by atoms with Gasteiger partial charge in [0.05, 0.1) is 5.69 Å². The Morgan fingerprint density at radius 3 is 2.75 bits per heavy atom. The lowest BCUT2D eigenvalue weighted by molar-refractivity contribution is 0.213. The molecule has 2 aromatic heterocycles. The van der Waals surface area contributed by atoms with E-state index in [1.165, 1.54) is 5.69 Å². The zero-order valence-corrected chi connectivity index (χ0v) is 14.4. The molecule has 1 N–H and O–H groups in total. The number of nitrogens with zero attached hydrogens (tertiary/aromatic N) is 4. The molecule has 24 heavy (non-hydrogen) atoms. The minimum atomic E-state index is 0.354. The molecule has 6 nitrogen and oxygen atoms in total. The Balaban J connectivity index is 1.47. The van der Waals surface area contributed by atoms with Crippen molar-refractivity contribution in [2.24, 2.45) is 0 Å². The van der Waals surface area contributed by atoms with E-state index in [1.54, 1.807) is 0 Å². The molecule has 0 spiro atoms. The number of piperazine rings is 1. The average molecular weight is 325 g/mol. The van der Waals surface area contributed by atoms with Crippen molar-refractivity contribution >= 4 is 17.1 Å². The van der Waals surface area contributed by atoms with Crippen LogP contribution in [0.5, 0.6) is 0 Å². The monoisotopic (exact) mass is 325 g/mol. The van der Waals surface area contributed by atoms with E-state index in [2.05, 4.69) is 38.6 Å². The fourth-order valence-electron chi connectivity index (χ4n) is 3.47. The third-order valence-corrected chi connectivity index (χ3v) is 4.72. The molecule has 126 valence electrons. The van der Waals surface area contributed by atoms with Gasteiger partial charge in [0.25, 0.3) is 6.01 Å². The van der Waals surface area contributed by atoms with Gasteiger partial charge in [0.15, 0.2) is 5.58 Å². The largest absolute Gasteiger partial charge is 0.423 e. The number of fused-ring (bicyclic) bond motifs is 1. The normalized spacial score (nSPS) is 19.3. The Bertz CT molecular complexity index is 819. The molecule has 0 bridgehead atoms. The number of oxazole rings is 1. The first-order valence-electron chi connectivity index (χ1n) is 8.47. The summed E-state index contributed by atoms with van der Waals surface area (Å²) in [6, 6.07) is 9.01. The topological polar surface area (TPSA) is 61.2 Å². The maximum atomic E-state index is 5.93. The summed E-state index contributed by atoms with van der Waals surface area (Å²) in [6.07, 6.45) is 0. The van der Waals surface area contributed by atoms with Gasteiger partial charge in [0.2, 0.25) is 0 Å². The highest BCUT2D eigenvalue weighted by Crippen LogP contribution is 2.25. The first-order valence-corrected chi connectivity index (χ1v) is 8.47. The molecule has 3 aromatic rings. The second-order valence-corrected chi connectivity index (χ2v) is 6.64. The predicted octanol–water partition coefficient (Wildman–Crippen LogP) is 2.88. The van der Waals surface area contributed by atoms with E-state index >= 15 is 0 Å². The van der Waals surface area contributed by atoms with Gasteiger partial charge in [0.1, 0.15) is 11.3 Å². The molecule has 1 aliphatic heterocycles. The third kappa shape index (κ3) is 2.78. The first kappa shape index (κ1) is 15.2. The number of rotatable bonds is 3. The predicted molar refractivity (Wildman–Crippen MR) is 94.2 cm³/mol. The number of hydrogen-bond acceptors (Lipinski definition) is 5. The molecule has 0 aliphatic carbocycles. The molecule has 1 aliphatic rings. The minimum absolute atomic E-state index is 0.354. The van der Waals surface area contributed by atoms with Crippen LogP contribution in [0.15, 0.2) is 28.7 Å². The van der Waals surface area contributed by atoms with Crippen LogP contribution >= 0.6 is 0 Å². The Morgan fingerprint density at radius 1 is 1.21 bits per heavy atom. The van der Waals surface area contributed by atoms with E-state index in [-0.39, 0.29) is 0 Å².